The second-order valence-electron chi connectivity index (χ2n) is 5.41. The molecule has 5 nitrogen and oxygen atoms in total. The Labute approximate surface area is 112 Å². The van der Waals surface area contributed by atoms with Crippen LogP contribution in [0.2, 0.25) is 0 Å². The predicted molar refractivity (Wildman–Crippen MR) is 74.3 cm³/mol. The number of hydrogen-bond acceptors (Lipinski definition) is 4. The van der Waals surface area contributed by atoms with Crippen LogP contribution in [0.5, 0.6) is 0 Å². The van der Waals surface area contributed by atoms with E-state index in [4.69, 9.17) is 0 Å². The molecule has 0 unspecified atom stereocenters. The molecule has 1 aromatic carbocycles. The van der Waals surface area contributed by atoms with Crippen LogP contribution in [0.3, 0.4) is 0 Å². The third-order valence-corrected chi connectivity index (χ3v) is 4.15. The highest BCUT2D eigenvalue weighted by atomic mass is 15.4. The van der Waals surface area contributed by atoms with Gasteiger partial charge in [-0.05, 0) is 24.1 Å². The topological polar surface area (TPSA) is 46.0 Å². The average molecular weight is 255 g/mol. The van der Waals surface area contributed by atoms with E-state index in [1.165, 1.54) is 16.8 Å². The van der Waals surface area contributed by atoms with E-state index in [9.17, 15) is 0 Å². The fourth-order valence-corrected chi connectivity index (χ4v) is 2.77. The quantitative estimate of drug-likeness (QED) is 0.872. The van der Waals surface area contributed by atoms with E-state index < -0.39 is 0 Å². The molecule has 0 atom stereocenters. The number of aromatic nitrogens is 3. The van der Waals surface area contributed by atoms with Gasteiger partial charge in [-0.2, -0.15) is 0 Å². The van der Waals surface area contributed by atoms with Crippen LogP contribution in [0.25, 0.3) is 11.3 Å². The largest absolute Gasteiger partial charge is 0.374 e. The van der Waals surface area contributed by atoms with Crippen molar-refractivity contribution in [1.82, 2.24) is 20.3 Å². The van der Waals surface area contributed by atoms with Crippen molar-refractivity contribution in [3.8, 4) is 11.3 Å². The Morgan fingerprint density at radius 2 is 2.21 bits per heavy atom. The van der Waals surface area contributed by atoms with Crippen molar-refractivity contribution in [3.05, 3.63) is 30.0 Å². The van der Waals surface area contributed by atoms with E-state index in [1.54, 1.807) is 0 Å². The maximum absolute atomic E-state index is 4.31. The molecule has 2 aliphatic rings. The fraction of sp³-hybridized carbons (Fsp3) is 0.429. The lowest BCUT2D eigenvalue weighted by atomic mass is 10.1. The lowest BCUT2D eigenvalue weighted by Crippen LogP contribution is -2.43. The normalized spacial score (nSPS) is 18.5. The molecule has 0 aliphatic carbocycles. The first-order chi connectivity index (χ1) is 9.31. The molecule has 0 bridgehead atoms. The van der Waals surface area contributed by atoms with E-state index in [0.717, 1.165) is 31.7 Å². The second kappa shape index (κ2) is 4.06. The van der Waals surface area contributed by atoms with Crippen LogP contribution in [-0.2, 0) is 6.42 Å². The summed E-state index contributed by atoms with van der Waals surface area (Å²) < 4.78 is 1.98. The third-order valence-electron chi connectivity index (χ3n) is 4.15. The summed E-state index contributed by atoms with van der Waals surface area (Å²) in [5, 5.41) is 11.8. The van der Waals surface area contributed by atoms with Crippen molar-refractivity contribution in [2.75, 3.05) is 31.6 Å². The Kier molecular flexibility index (Phi) is 2.35. The number of nitrogens with one attached hydrogen (secondary N) is 1. The van der Waals surface area contributed by atoms with Crippen LogP contribution in [0.4, 0.5) is 5.69 Å². The van der Waals surface area contributed by atoms with Crippen LogP contribution in [0, 0.1) is 0 Å². The number of rotatable bonds is 2. The van der Waals surface area contributed by atoms with E-state index in [2.05, 4.69) is 52.0 Å². The molecule has 19 heavy (non-hydrogen) atoms. The molecule has 0 amide bonds. The maximum Gasteiger partial charge on any atom is 0.113 e. The number of nitrogens with zero attached hydrogens (tertiary/aromatic N) is 4. The average Bonchev–Trinajstić information content (AvgIpc) is 2.95. The van der Waals surface area contributed by atoms with Gasteiger partial charge in [0, 0.05) is 37.9 Å². The maximum atomic E-state index is 4.31. The number of likely N-dealkylation sites (N-methyl/N-ethyl adjacent to an activating group) is 1. The third kappa shape index (κ3) is 1.73. The van der Waals surface area contributed by atoms with Crippen LogP contribution >= 0.6 is 0 Å². The van der Waals surface area contributed by atoms with Gasteiger partial charge in [-0.15, -0.1) is 5.10 Å². The van der Waals surface area contributed by atoms with E-state index >= 15 is 0 Å². The number of anilines is 1. The fourth-order valence-electron chi connectivity index (χ4n) is 2.77. The highest BCUT2D eigenvalue weighted by Crippen LogP contribution is 2.30. The van der Waals surface area contributed by atoms with Crippen LogP contribution in [-0.4, -0.2) is 41.7 Å². The molecule has 3 heterocycles. The van der Waals surface area contributed by atoms with Crippen molar-refractivity contribution in [2.24, 2.45) is 0 Å². The lowest BCUT2D eigenvalue weighted by molar-refractivity contribution is 0.313. The van der Waals surface area contributed by atoms with E-state index in [1.807, 2.05) is 4.68 Å². The summed E-state index contributed by atoms with van der Waals surface area (Å²) in [5.41, 5.74) is 4.91. The first-order valence-corrected chi connectivity index (χ1v) is 6.78. The number of fused-ring (bicyclic) bond motifs is 1. The highest BCUT2D eigenvalue weighted by molar-refractivity contribution is 5.67. The van der Waals surface area contributed by atoms with Crippen molar-refractivity contribution in [1.29, 1.82) is 0 Å². The van der Waals surface area contributed by atoms with Gasteiger partial charge in [0.2, 0.25) is 0 Å². The molecule has 1 saturated heterocycles. The molecule has 0 radical (unpaired) electrons. The molecule has 1 N–H and O–H groups in total. The summed E-state index contributed by atoms with van der Waals surface area (Å²) in [6.07, 6.45) is 3.19. The molecule has 2 aromatic rings. The molecule has 5 heteroatoms. The van der Waals surface area contributed by atoms with Crippen molar-refractivity contribution < 1.29 is 0 Å². The molecule has 98 valence electrons. The van der Waals surface area contributed by atoms with Gasteiger partial charge in [0.15, 0.2) is 0 Å². The van der Waals surface area contributed by atoms with Gasteiger partial charge in [0.1, 0.15) is 5.69 Å². The summed E-state index contributed by atoms with van der Waals surface area (Å²) >= 11 is 0. The summed E-state index contributed by atoms with van der Waals surface area (Å²) in [4.78, 5) is 2.30. The Hall–Kier alpha value is -1.88. The van der Waals surface area contributed by atoms with Gasteiger partial charge in [-0.25, -0.2) is 4.68 Å². The summed E-state index contributed by atoms with van der Waals surface area (Å²) in [6.45, 7) is 3.11. The first-order valence-electron chi connectivity index (χ1n) is 6.78. The highest BCUT2D eigenvalue weighted by Gasteiger charge is 2.21. The Morgan fingerprint density at radius 3 is 3.00 bits per heavy atom. The van der Waals surface area contributed by atoms with Gasteiger partial charge < -0.3 is 10.2 Å². The van der Waals surface area contributed by atoms with Crippen molar-refractivity contribution >= 4 is 5.69 Å². The second-order valence-corrected chi connectivity index (χ2v) is 5.41. The first kappa shape index (κ1) is 11.0. The molecule has 4 rings (SSSR count). The smallest absolute Gasteiger partial charge is 0.113 e. The minimum absolute atomic E-state index is 0.474. The van der Waals surface area contributed by atoms with Crippen molar-refractivity contribution in [2.45, 2.75) is 12.5 Å². The van der Waals surface area contributed by atoms with Crippen LogP contribution in [0.15, 0.2) is 24.4 Å². The summed E-state index contributed by atoms with van der Waals surface area (Å²) in [6, 6.07) is 7.07. The molecule has 0 spiro atoms. The van der Waals surface area contributed by atoms with Crippen molar-refractivity contribution in [3.63, 3.8) is 0 Å². The zero-order valence-electron chi connectivity index (χ0n) is 11.0. The zero-order chi connectivity index (χ0) is 12.8. The minimum atomic E-state index is 0.474. The van der Waals surface area contributed by atoms with Crippen LogP contribution < -0.4 is 10.2 Å². The Bertz CT molecular complexity index is 614. The minimum Gasteiger partial charge on any atom is -0.374 e. The van der Waals surface area contributed by atoms with E-state index in [-0.39, 0.29) is 0 Å². The lowest BCUT2D eigenvalue weighted by Gasteiger charge is -2.26. The SMILES string of the molecule is CN1CCc2cc(-c3cn(C4CNC4)nn3)ccc21. The summed E-state index contributed by atoms with van der Waals surface area (Å²) in [7, 11) is 2.14. The van der Waals surface area contributed by atoms with Gasteiger partial charge in [-0.3, -0.25) is 0 Å². The standard InChI is InChI=1S/C14H17N5/c1-18-5-4-11-6-10(2-3-14(11)18)13-9-19(17-16-13)12-7-15-8-12/h2-3,6,9,12,15H,4-5,7-8H2,1H3. The van der Waals surface area contributed by atoms with Gasteiger partial charge in [0.05, 0.1) is 12.2 Å². The van der Waals surface area contributed by atoms with Crippen LogP contribution in [0.1, 0.15) is 11.6 Å². The molecule has 1 aromatic heterocycles. The summed E-state index contributed by atoms with van der Waals surface area (Å²) in [5.74, 6) is 0. The molecular weight excluding hydrogens is 238 g/mol. The predicted octanol–water partition coefficient (Wildman–Crippen LogP) is 1.08. The molecule has 2 aliphatic heterocycles. The Morgan fingerprint density at radius 1 is 1.32 bits per heavy atom. The van der Waals surface area contributed by atoms with Gasteiger partial charge >= 0.3 is 0 Å². The molecule has 1 fully saturated rings. The number of benzene rings is 1. The van der Waals surface area contributed by atoms with Gasteiger partial charge in [0.25, 0.3) is 0 Å². The Balaban J connectivity index is 1.67. The number of hydrogen-bond donors (Lipinski definition) is 1. The molecule has 0 saturated carbocycles. The van der Waals surface area contributed by atoms with Gasteiger partial charge in [-0.1, -0.05) is 11.3 Å². The zero-order valence-corrected chi connectivity index (χ0v) is 11.0. The molecular formula is C14H17N5. The van der Waals surface area contributed by atoms with E-state index in [0.29, 0.717) is 6.04 Å². The monoisotopic (exact) mass is 255 g/mol.